The van der Waals surface area contributed by atoms with Crippen LogP contribution in [0.5, 0.6) is 0 Å². The first-order valence-corrected chi connectivity index (χ1v) is 7.51. The van der Waals surface area contributed by atoms with Crippen LogP contribution in [0, 0.1) is 17.3 Å². The zero-order chi connectivity index (χ0) is 15.2. The van der Waals surface area contributed by atoms with E-state index in [1.54, 1.807) is 7.11 Å². The number of hydrogen-bond acceptors (Lipinski definition) is 4. The summed E-state index contributed by atoms with van der Waals surface area (Å²) in [4.78, 5) is 12.3. The molecule has 0 heterocycles. The Labute approximate surface area is 122 Å². The van der Waals surface area contributed by atoms with E-state index in [1.165, 1.54) is 0 Å². The van der Waals surface area contributed by atoms with Crippen molar-refractivity contribution in [1.29, 1.82) is 0 Å². The highest BCUT2D eigenvalue weighted by molar-refractivity contribution is 5.79. The Bertz CT molecular complexity index is 307. The molecule has 0 aromatic rings. The van der Waals surface area contributed by atoms with E-state index in [0.717, 1.165) is 12.8 Å². The van der Waals surface area contributed by atoms with Gasteiger partial charge in [-0.1, -0.05) is 20.8 Å². The number of rotatable bonds is 7. The van der Waals surface area contributed by atoms with Crippen molar-refractivity contribution in [3.63, 3.8) is 0 Å². The minimum Gasteiger partial charge on any atom is -0.382 e. The largest absolute Gasteiger partial charge is 0.382 e. The van der Waals surface area contributed by atoms with E-state index in [2.05, 4.69) is 26.1 Å². The van der Waals surface area contributed by atoms with Crippen LogP contribution in [0.2, 0.25) is 0 Å². The highest BCUT2D eigenvalue weighted by Gasteiger charge is 2.44. The van der Waals surface area contributed by atoms with Crippen molar-refractivity contribution < 1.29 is 14.3 Å². The molecule has 0 bridgehead atoms. The number of carbonyl (C=O) groups is 1. The Kier molecular flexibility index (Phi) is 6.92. The van der Waals surface area contributed by atoms with Crippen LogP contribution < -0.4 is 11.1 Å². The van der Waals surface area contributed by atoms with Crippen LogP contribution in [0.15, 0.2) is 0 Å². The lowest BCUT2D eigenvalue weighted by atomic mass is 9.61. The molecule has 118 valence electrons. The van der Waals surface area contributed by atoms with Crippen LogP contribution in [0.3, 0.4) is 0 Å². The maximum atomic E-state index is 12.3. The van der Waals surface area contributed by atoms with Crippen molar-refractivity contribution in [1.82, 2.24) is 5.32 Å². The molecule has 0 aliphatic heterocycles. The predicted molar refractivity (Wildman–Crippen MR) is 79.3 cm³/mol. The second-order valence-corrected chi connectivity index (χ2v) is 6.30. The normalized spacial score (nSPS) is 29.1. The fourth-order valence-electron chi connectivity index (χ4n) is 2.93. The third kappa shape index (κ3) is 4.43. The van der Waals surface area contributed by atoms with Crippen LogP contribution in [0.25, 0.3) is 0 Å². The first kappa shape index (κ1) is 17.4. The summed E-state index contributed by atoms with van der Waals surface area (Å²) in [5.41, 5.74) is 6.06. The topological polar surface area (TPSA) is 73.6 Å². The van der Waals surface area contributed by atoms with Gasteiger partial charge >= 0.3 is 0 Å². The third-order valence-electron chi connectivity index (χ3n) is 4.80. The zero-order valence-corrected chi connectivity index (χ0v) is 13.3. The molecule has 5 heteroatoms. The van der Waals surface area contributed by atoms with E-state index in [1.807, 2.05) is 0 Å². The number of ether oxygens (including phenoxy) is 2. The van der Waals surface area contributed by atoms with Gasteiger partial charge in [-0.25, -0.2) is 0 Å². The summed E-state index contributed by atoms with van der Waals surface area (Å²) in [6, 6.07) is 0.200. The van der Waals surface area contributed by atoms with Crippen molar-refractivity contribution in [2.45, 2.75) is 39.7 Å². The van der Waals surface area contributed by atoms with Gasteiger partial charge in [-0.2, -0.15) is 0 Å². The smallest absolute Gasteiger partial charge is 0.223 e. The summed E-state index contributed by atoms with van der Waals surface area (Å²) in [5.74, 6) is 0.519. The molecule has 3 N–H and O–H groups in total. The van der Waals surface area contributed by atoms with Crippen LogP contribution in [0.1, 0.15) is 33.6 Å². The van der Waals surface area contributed by atoms with Crippen molar-refractivity contribution in [2.75, 3.05) is 33.5 Å². The highest BCUT2D eigenvalue weighted by Crippen LogP contribution is 2.44. The first-order chi connectivity index (χ1) is 9.41. The minimum absolute atomic E-state index is 0.0382. The molecule has 0 saturated heterocycles. The number of carbonyl (C=O) groups excluding carboxylic acids is 1. The maximum Gasteiger partial charge on any atom is 0.223 e. The average molecular weight is 286 g/mol. The molecule has 20 heavy (non-hydrogen) atoms. The molecule has 5 nitrogen and oxygen atoms in total. The molecule has 0 spiro atoms. The molecule has 1 aliphatic carbocycles. The minimum atomic E-state index is -0.0569. The van der Waals surface area contributed by atoms with E-state index in [0.29, 0.717) is 32.3 Å². The van der Waals surface area contributed by atoms with E-state index in [-0.39, 0.29) is 23.3 Å². The summed E-state index contributed by atoms with van der Waals surface area (Å²) >= 11 is 0. The van der Waals surface area contributed by atoms with Gasteiger partial charge in [-0.05, 0) is 24.2 Å². The Balaban J connectivity index is 2.35. The lowest BCUT2D eigenvalue weighted by molar-refractivity contribution is -0.132. The highest BCUT2D eigenvalue weighted by atomic mass is 16.5. The van der Waals surface area contributed by atoms with Crippen LogP contribution >= 0.6 is 0 Å². The second-order valence-electron chi connectivity index (χ2n) is 6.30. The summed E-state index contributed by atoms with van der Waals surface area (Å²) in [7, 11) is 1.64. The molecule has 0 radical (unpaired) electrons. The van der Waals surface area contributed by atoms with E-state index >= 15 is 0 Å². The molecule has 1 amide bonds. The Morgan fingerprint density at radius 1 is 1.30 bits per heavy atom. The first-order valence-electron chi connectivity index (χ1n) is 7.51. The molecule has 3 atom stereocenters. The summed E-state index contributed by atoms with van der Waals surface area (Å²) < 4.78 is 10.2. The molecule has 0 aromatic carbocycles. The van der Waals surface area contributed by atoms with Crippen molar-refractivity contribution in [2.24, 2.45) is 23.0 Å². The Morgan fingerprint density at radius 3 is 2.65 bits per heavy atom. The standard InChI is InChI=1S/C15H30N2O3/c1-11-13(16)6-5-12(15(11,2)3)14(18)17-7-8-20-10-9-19-4/h11-13H,5-10,16H2,1-4H3,(H,17,18). The van der Waals surface area contributed by atoms with Gasteiger partial charge in [-0.15, -0.1) is 0 Å². The van der Waals surface area contributed by atoms with Gasteiger partial charge in [0.05, 0.1) is 19.8 Å². The molecule has 1 rings (SSSR count). The van der Waals surface area contributed by atoms with Gasteiger partial charge in [0.25, 0.3) is 0 Å². The fourth-order valence-corrected chi connectivity index (χ4v) is 2.93. The number of nitrogens with two attached hydrogens (primary N) is 1. The van der Waals surface area contributed by atoms with Gasteiger partial charge in [0.15, 0.2) is 0 Å². The number of hydrogen-bond donors (Lipinski definition) is 2. The molecule has 0 aromatic heterocycles. The molecule has 1 fully saturated rings. The number of methoxy groups -OCH3 is 1. The Hall–Kier alpha value is -0.650. The number of nitrogens with one attached hydrogen (secondary N) is 1. The summed E-state index contributed by atoms with van der Waals surface area (Å²) in [6.45, 7) is 8.67. The lowest BCUT2D eigenvalue weighted by Crippen LogP contribution is -2.51. The molecular weight excluding hydrogens is 256 g/mol. The lowest BCUT2D eigenvalue weighted by Gasteiger charge is -2.46. The monoisotopic (exact) mass is 286 g/mol. The predicted octanol–water partition coefficient (Wildman–Crippen LogP) is 1.17. The van der Waals surface area contributed by atoms with Crippen LogP contribution in [-0.4, -0.2) is 45.4 Å². The van der Waals surface area contributed by atoms with E-state index in [4.69, 9.17) is 15.2 Å². The maximum absolute atomic E-state index is 12.3. The third-order valence-corrected chi connectivity index (χ3v) is 4.80. The molecule has 1 aliphatic rings. The van der Waals surface area contributed by atoms with Crippen molar-refractivity contribution >= 4 is 5.91 Å². The van der Waals surface area contributed by atoms with Gasteiger partial charge < -0.3 is 20.5 Å². The van der Waals surface area contributed by atoms with Crippen molar-refractivity contribution in [3.8, 4) is 0 Å². The fraction of sp³-hybridized carbons (Fsp3) is 0.933. The van der Waals surface area contributed by atoms with Crippen LogP contribution in [-0.2, 0) is 14.3 Å². The summed E-state index contributed by atoms with van der Waals surface area (Å²) in [6.07, 6.45) is 1.79. The molecular formula is C15H30N2O3. The van der Waals surface area contributed by atoms with Gasteiger partial charge in [0.1, 0.15) is 0 Å². The zero-order valence-electron chi connectivity index (χ0n) is 13.3. The van der Waals surface area contributed by atoms with E-state index < -0.39 is 0 Å². The van der Waals surface area contributed by atoms with Gasteiger partial charge in [-0.3, -0.25) is 4.79 Å². The van der Waals surface area contributed by atoms with Crippen LogP contribution in [0.4, 0.5) is 0 Å². The van der Waals surface area contributed by atoms with Gasteiger partial charge in [0.2, 0.25) is 5.91 Å². The van der Waals surface area contributed by atoms with Crippen molar-refractivity contribution in [3.05, 3.63) is 0 Å². The van der Waals surface area contributed by atoms with E-state index in [9.17, 15) is 4.79 Å². The average Bonchev–Trinajstić information content (AvgIpc) is 2.40. The second kappa shape index (κ2) is 7.96. The van der Waals surface area contributed by atoms with Gasteiger partial charge in [0, 0.05) is 25.6 Å². The number of amides is 1. The quantitative estimate of drug-likeness (QED) is 0.689. The summed E-state index contributed by atoms with van der Waals surface area (Å²) in [5, 5.41) is 2.97. The molecule has 3 unspecified atom stereocenters. The Morgan fingerprint density at radius 2 is 2.00 bits per heavy atom. The molecule has 1 saturated carbocycles. The SMILES string of the molecule is COCCOCCNC(=O)C1CCC(N)C(C)C1(C)C.